The molecule has 1 unspecified atom stereocenters. The first-order valence-corrected chi connectivity index (χ1v) is 10.4. The molecule has 1 fully saturated rings. The summed E-state index contributed by atoms with van der Waals surface area (Å²) in [7, 11) is 0. The third-order valence-electron chi connectivity index (χ3n) is 4.86. The molecule has 1 aromatic carbocycles. The molecule has 2 aliphatic heterocycles. The number of rotatable bonds is 2. The first-order valence-electron chi connectivity index (χ1n) is 9.44. The van der Waals surface area contributed by atoms with Crippen molar-refractivity contribution in [2.24, 2.45) is 5.92 Å². The summed E-state index contributed by atoms with van der Waals surface area (Å²) in [6.45, 7) is 6.55. The van der Waals surface area contributed by atoms with E-state index in [1.54, 1.807) is 11.0 Å². The predicted molar refractivity (Wildman–Crippen MR) is 103 cm³/mol. The van der Waals surface area contributed by atoms with E-state index in [-0.39, 0.29) is 29.8 Å². The highest BCUT2D eigenvalue weighted by atomic mass is 32.2. The van der Waals surface area contributed by atoms with Crippen LogP contribution < -0.4 is 5.32 Å². The van der Waals surface area contributed by atoms with E-state index in [4.69, 9.17) is 4.74 Å². The van der Waals surface area contributed by atoms with Crippen LogP contribution in [0.15, 0.2) is 23.1 Å². The number of nitrogens with one attached hydrogen (secondary N) is 1. The Kier molecular flexibility index (Phi) is 5.99. The minimum absolute atomic E-state index is 0.00838. The fraction of sp³-hybridized carbons (Fsp3) is 0.600. The minimum Gasteiger partial charge on any atom is -0.444 e. The Morgan fingerprint density at radius 1 is 1.22 bits per heavy atom. The highest BCUT2D eigenvalue weighted by Gasteiger charge is 2.32. The molecular weight excluding hydrogens is 367 g/mol. The molecule has 2 heterocycles. The Balaban J connectivity index is 1.55. The molecule has 1 aromatic rings. The number of fused-ring (bicyclic) bond motifs is 1. The molecule has 3 rings (SSSR count). The highest BCUT2D eigenvalue weighted by molar-refractivity contribution is 7.99. The third-order valence-corrected chi connectivity index (χ3v) is 6.02. The van der Waals surface area contributed by atoms with Crippen molar-refractivity contribution in [3.8, 4) is 0 Å². The summed E-state index contributed by atoms with van der Waals surface area (Å²) in [5.74, 6) is 0.430. The average Bonchev–Trinajstić information content (AvgIpc) is 2.61. The second kappa shape index (κ2) is 8.09. The summed E-state index contributed by atoms with van der Waals surface area (Å²) in [5.41, 5.74) is 0.346. The first kappa shape index (κ1) is 20.0. The van der Waals surface area contributed by atoms with Crippen LogP contribution in [0, 0.1) is 11.7 Å². The summed E-state index contributed by atoms with van der Waals surface area (Å²) >= 11 is 1.51. The number of benzene rings is 1. The maximum absolute atomic E-state index is 14.0. The molecule has 0 bridgehead atoms. The number of ether oxygens (including phenoxy) is 1. The van der Waals surface area contributed by atoms with Crippen LogP contribution in [0.3, 0.4) is 0 Å². The quantitative estimate of drug-likeness (QED) is 0.820. The smallest absolute Gasteiger partial charge is 0.410 e. The van der Waals surface area contributed by atoms with Crippen LogP contribution in [0.4, 0.5) is 9.18 Å². The summed E-state index contributed by atoms with van der Waals surface area (Å²) in [6.07, 6.45) is 1.70. The van der Waals surface area contributed by atoms with E-state index >= 15 is 0 Å². The molecular formula is C20H27FN2O3S. The molecule has 0 saturated carbocycles. The lowest BCUT2D eigenvalue weighted by molar-refractivity contribution is -0.127. The van der Waals surface area contributed by atoms with Gasteiger partial charge < -0.3 is 15.0 Å². The van der Waals surface area contributed by atoms with Gasteiger partial charge in [0.1, 0.15) is 11.4 Å². The lowest BCUT2D eigenvalue weighted by Gasteiger charge is -2.34. The number of likely N-dealkylation sites (tertiary alicyclic amines) is 1. The van der Waals surface area contributed by atoms with E-state index in [1.807, 2.05) is 26.8 Å². The van der Waals surface area contributed by atoms with Gasteiger partial charge in [-0.15, -0.1) is 11.8 Å². The molecule has 27 heavy (non-hydrogen) atoms. The standard InChI is InChI=1S/C20H27FN2O3S/c1-20(2,3)26-19(25)23-10-7-13(8-11-23)18(24)22-16-9-12-27-17-14(16)5-4-6-15(17)21/h4-6,13,16H,7-12H2,1-3H3,(H,22,24). The Bertz CT molecular complexity index is 712. The number of amides is 2. The summed E-state index contributed by atoms with van der Waals surface area (Å²) in [4.78, 5) is 27.2. The predicted octanol–water partition coefficient (Wildman–Crippen LogP) is 4.13. The van der Waals surface area contributed by atoms with Crippen LogP contribution in [0.2, 0.25) is 0 Å². The Morgan fingerprint density at radius 3 is 2.59 bits per heavy atom. The van der Waals surface area contributed by atoms with Gasteiger partial charge in [-0.25, -0.2) is 9.18 Å². The van der Waals surface area contributed by atoms with E-state index in [0.29, 0.717) is 30.8 Å². The molecule has 2 aliphatic rings. The van der Waals surface area contributed by atoms with Crippen molar-refractivity contribution < 1.29 is 18.7 Å². The van der Waals surface area contributed by atoms with E-state index < -0.39 is 5.60 Å². The topological polar surface area (TPSA) is 58.6 Å². The number of halogens is 1. The molecule has 0 radical (unpaired) electrons. The first-order chi connectivity index (χ1) is 12.7. The molecule has 1 atom stereocenters. The molecule has 5 nitrogen and oxygen atoms in total. The van der Waals surface area contributed by atoms with E-state index in [9.17, 15) is 14.0 Å². The number of thioether (sulfide) groups is 1. The average molecular weight is 395 g/mol. The monoisotopic (exact) mass is 394 g/mol. The fourth-order valence-corrected chi connectivity index (χ4v) is 4.62. The van der Waals surface area contributed by atoms with Gasteiger partial charge >= 0.3 is 6.09 Å². The molecule has 0 aliphatic carbocycles. The van der Waals surface area contributed by atoms with Crippen molar-refractivity contribution >= 4 is 23.8 Å². The molecule has 2 amide bonds. The highest BCUT2D eigenvalue weighted by Crippen LogP contribution is 2.38. The zero-order chi connectivity index (χ0) is 19.6. The molecule has 0 spiro atoms. The number of nitrogens with zero attached hydrogens (tertiary/aromatic N) is 1. The molecule has 1 saturated heterocycles. The lowest BCUT2D eigenvalue weighted by atomic mass is 9.94. The van der Waals surface area contributed by atoms with Crippen LogP contribution in [0.1, 0.15) is 51.6 Å². The zero-order valence-corrected chi connectivity index (χ0v) is 16.9. The minimum atomic E-state index is -0.521. The number of hydrogen-bond acceptors (Lipinski definition) is 4. The summed E-state index contributed by atoms with van der Waals surface area (Å²) in [6, 6.07) is 4.90. The van der Waals surface area contributed by atoms with Crippen LogP contribution >= 0.6 is 11.8 Å². The number of carbonyl (C=O) groups is 2. The Labute approximate surface area is 164 Å². The van der Waals surface area contributed by atoms with Gasteiger partial charge in [0.15, 0.2) is 0 Å². The lowest BCUT2D eigenvalue weighted by Crippen LogP contribution is -2.45. The molecule has 1 N–H and O–H groups in total. The van der Waals surface area contributed by atoms with E-state index in [2.05, 4.69) is 5.32 Å². The normalized spacial score (nSPS) is 20.7. The second-order valence-corrected chi connectivity index (χ2v) is 9.20. The van der Waals surface area contributed by atoms with Crippen molar-refractivity contribution in [1.29, 1.82) is 0 Å². The molecule has 7 heteroatoms. The van der Waals surface area contributed by atoms with Gasteiger partial charge in [0, 0.05) is 29.7 Å². The number of carbonyl (C=O) groups excluding carboxylic acids is 2. The number of piperidine rings is 1. The van der Waals surface area contributed by atoms with Gasteiger partial charge in [-0.2, -0.15) is 0 Å². The maximum Gasteiger partial charge on any atom is 0.410 e. The van der Waals surface area contributed by atoms with Crippen molar-refractivity contribution in [3.05, 3.63) is 29.6 Å². The van der Waals surface area contributed by atoms with Gasteiger partial charge in [-0.1, -0.05) is 12.1 Å². The van der Waals surface area contributed by atoms with Gasteiger partial charge in [-0.05, 0) is 51.7 Å². The van der Waals surface area contributed by atoms with Crippen molar-refractivity contribution in [2.75, 3.05) is 18.8 Å². The van der Waals surface area contributed by atoms with E-state index in [0.717, 1.165) is 17.7 Å². The van der Waals surface area contributed by atoms with Crippen molar-refractivity contribution in [3.63, 3.8) is 0 Å². The van der Waals surface area contributed by atoms with Crippen LogP contribution in [-0.4, -0.2) is 41.3 Å². The van der Waals surface area contributed by atoms with Gasteiger partial charge in [0.25, 0.3) is 0 Å². The van der Waals surface area contributed by atoms with E-state index in [1.165, 1.54) is 17.8 Å². The largest absolute Gasteiger partial charge is 0.444 e. The van der Waals surface area contributed by atoms with Gasteiger partial charge in [0.05, 0.1) is 6.04 Å². The molecule has 0 aromatic heterocycles. The Hall–Kier alpha value is -1.76. The van der Waals surface area contributed by atoms with Crippen molar-refractivity contribution in [2.45, 2.75) is 56.6 Å². The maximum atomic E-state index is 14.0. The number of hydrogen-bond donors (Lipinski definition) is 1. The fourth-order valence-electron chi connectivity index (χ4n) is 3.48. The SMILES string of the molecule is CC(C)(C)OC(=O)N1CCC(C(=O)NC2CCSc3c(F)cccc32)CC1. The third kappa shape index (κ3) is 4.94. The van der Waals surface area contributed by atoms with Gasteiger partial charge in [0.2, 0.25) is 5.91 Å². The van der Waals surface area contributed by atoms with Crippen LogP contribution in [-0.2, 0) is 9.53 Å². The zero-order valence-electron chi connectivity index (χ0n) is 16.1. The van der Waals surface area contributed by atoms with Crippen LogP contribution in [0.25, 0.3) is 0 Å². The summed E-state index contributed by atoms with van der Waals surface area (Å²) in [5, 5.41) is 3.10. The Morgan fingerprint density at radius 2 is 1.93 bits per heavy atom. The van der Waals surface area contributed by atoms with Crippen LogP contribution in [0.5, 0.6) is 0 Å². The second-order valence-electron chi connectivity index (χ2n) is 8.10. The van der Waals surface area contributed by atoms with Crippen molar-refractivity contribution in [1.82, 2.24) is 10.2 Å². The summed E-state index contributed by atoms with van der Waals surface area (Å²) < 4.78 is 19.4. The van der Waals surface area contributed by atoms with Gasteiger partial charge in [-0.3, -0.25) is 4.79 Å². The molecule has 148 valence electrons.